The van der Waals surface area contributed by atoms with E-state index in [1.165, 1.54) is 263 Å². The van der Waals surface area contributed by atoms with Crippen LogP contribution in [0, 0.1) is 0 Å². The van der Waals surface area contributed by atoms with Gasteiger partial charge in [0.15, 0.2) is 0 Å². The van der Waals surface area contributed by atoms with Gasteiger partial charge in [-0.15, -0.1) is 0 Å². The van der Waals surface area contributed by atoms with Crippen LogP contribution in [-0.4, -0.2) is 74.3 Å². The number of hydrogen-bond donors (Lipinski definition) is 2. The summed E-state index contributed by atoms with van der Waals surface area (Å²) < 4.78 is 30.8. The first-order valence-electron chi connectivity index (χ1n) is 34.7. The fraction of sp³-hybridized carbons (Fsp3) is 0.913. The molecule has 1 amide bonds. The molecule has 0 rings (SSSR count). The highest BCUT2D eigenvalue weighted by atomic mass is 31.2. The summed E-state index contributed by atoms with van der Waals surface area (Å²) in [7, 11) is 1.51. The molecule has 79 heavy (non-hydrogen) atoms. The van der Waals surface area contributed by atoms with Crippen molar-refractivity contribution in [2.24, 2.45) is 0 Å². The normalized spacial score (nSPS) is 13.7. The molecule has 3 unspecified atom stereocenters. The number of amides is 1. The number of carbonyl (C=O) groups is 2. The van der Waals surface area contributed by atoms with Gasteiger partial charge in [-0.05, 0) is 57.4 Å². The number of likely N-dealkylation sites (N-methyl/N-ethyl adjacent to an activating group) is 1. The zero-order valence-electron chi connectivity index (χ0n) is 53.6. The number of unbranched alkanes of at least 4 members (excludes halogenated alkanes) is 46. The van der Waals surface area contributed by atoms with Crippen LogP contribution in [0.15, 0.2) is 24.3 Å². The number of carbonyl (C=O) groups excluding carboxylic acids is 2. The lowest BCUT2D eigenvalue weighted by Gasteiger charge is -2.27. The summed E-state index contributed by atoms with van der Waals surface area (Å²) in [5, 5.41) is 3.07. The molecule has 0 bridgehead atoms. The van der Waals surface area contributed by atoms with Gasteiger partial charge < -0.3 is 19.4 Å². The molecule has 0 heterocycles. The number of nitrogens with one attached hydrogen (secondary N) is 1. The Kier molecular flexibility index (Phi) is 58.5. The lowest BCUT2D eigenvalue weighted by molar-refractivity contribution is -0.870. The highest BCUT2D eigenvalue weighted by molar-refractivity contribution is 7.47. The van der Waals surface area contributed by atoms with E-state index in [1.807, 2.05) is 33.3 Å². The summed E-state index contributed by atoms with van der Waals surface area (Å²) in [6.45, 7) is 7.06. The van der Waals surface area contributed by atoms with E-state index < -0.39 is 20.0 Å². The SMILES string of the molecule is CCCCCCCC/C=C/CCCCCCCCCCCC(=O)NC(COP(=O)(O)OCC[N+](C)(C)C)C(/C=C/CCCCCCCCCCC)OC(=O)CCCCCCCCCCCCCCCCCCCCCCCCC. The first kappa shape index (κ1) is 77.5. The molecule has 0 radical (unpaired) electrons. The van der Waals surface area contributed by atoms with Crippen LogP contribution in [0.5, 0.6) is 0 Å². The number of allylic oxidation sites excluding steroid dienone is 3. The van der Waals surface area contributed by atoms with Crippen LogP contribution < -0.4 is 5.32 Å². The lowest BCUT2D eigenvalue weighted by atomic mass is 10.0. The Balaban J connectivity index is 5.03. The minimum Gasteiger partial charge on any atom is -0.456 e. The zero-order valence-corrected chi connectivity index (χ0v) is 54.5. The fourth-order valence-electron chi connectivity index (χ4n) is 10.5. The van der Waals surface area contributed by atoms with Crippen LogP contribution in [-0.2, 0) is 27.9 Å². The van der Waals surface area contributed by atoms with Gasteiger partial charge in [-0.2, -0.15) is 0 Å². The van der Waals surface area contributed by atoms with Gasteiger partial charge in [0.25, 0.3) is 0 Å². The number of rotatable bonds is 64. The van der Waals surface area contributed by atoms with Crippen LogP contribution in [0.1, 0.15) is 355 Å². The predicted molar refractivity (Wildman–Crippen MR) is 342 cm³/mol. The smallest absolute Gasteiger partial charge is 0.456 e. The molecule has 0 aliphatic heterocycles. The molecule has 0 saturated heterocycles. The third-order valence-corrected chi connectivity index (χ3v) is 16.9. The van der Waals surface area contributed by atoms with Gasteiger partial charge in [0, 0.05) is 12.8 Å². The van der Waals surface area contributed by atoms with Crippen LogP contribution in [0.25, 0.3) is 0 Å². The molecule has 10 heteroatoms. The lowest BCUT2D eigenvalue weighted by Crippen LogP contribution is -2.47. The minimum absolute atomic E-state index is 0.0436. The Morgan fingerprint density at radius 3 is 1.08 bits per heavy atom. The number of phosphoric acid groups is 1. The molecule has 3 atom stereocenters. The van der Waals surface area contributed by atoms with Gasteiger partial charge >= 0.3 is 13.8 Å². The number of phosphoric ester groups is 1. The van der Waals surface area contributed by atoms with E-state index in [9.17, 15) is 19.0 Å². The van der Waals surface area contributed by atoms with Crippen molar-refractivity contribution in [3.63, 3.8) is 0 Å². The molecular weight excluding hydrogens is 1000 g/mol. The van der Waals surface area contributed by atoms with Crippen LogP contribution >= 0.6 is 7.82 Å². The molecule has 0 aliphatic rings. The van der Waals surface area contributed by atoms with Gasteiger partial charge in [0.05, 0.1) is 33.8 Å². The summed E-state index contributed by atoms with van der Waals surface area (Å²) in [6, 6.07) is -0.844. The fourth-order valence-corrected chi connectivity index (χ4v) is 11.3. The quantitative estimate of drug-likeness (QED) is 0.0205. The summed E-state index contributed by atoms with van der Waals surface area (Å²) in [5.74, 6) is -0.487. The van der Waals surface area contributed by atoms with Gasteiger partial charge in [0.2, 0.25) is 5.91 Å². The second-order valence-corrected chi connectivity index (χ2v) is 26.5. The third-order valence-electron chi connectivity index (χ3n) is 15.9. The molecule has 0 aromatic heterocycles. The Hall–Kier alpha value is -1.51. The van der Waals surface area contributed by atoms with Crippen molar-refractivity contribution >= 4 is 19.7 Å². The second-order valence-electron chi connectivity index (χ2n) is 25.1. The number of hydrogen-bond acceptors (Lipinski definition) is 6. The van der Waals surface area contributed by atoms with Crippen molar-refractivity contribution in [2.45, 2.75) is 367 Å². The molecule has 468 valence electrons. The van der Waals surface area contributed by atoms with E-state index in [1.54, 1.807) is 0 Å². The monoisotopic (exact) mass is 1140 g/mol. The van der Waals surface area contributed by atoms with E-state index >= 15 is 0 Å². The predicted octanol–water partition coefficient (Wildman–Crippen LogP) is 21.7. The van der Waals surface area contributed by atoms with Crippen molar-refractivity contribution in [1.82, 2.24) is 5.32 Å². The Bertz CT molecular complexity index is 1400. The van der Waals surface area contributed by atoms with Gasteiger partial charge in [-0.3, -0.25) is 18.6 Å². The van der Waals surface area contributed by atoms with E-state index in [0.29, 0.717) is 23.9 Å². The summed E-state index contributed by atoms with van der Waals surface area (Å²) in [5.41, 5.74) is 0. The maximum Gasteiger partial charge on any atom is 0.472 e. The molecule has 9 nitrogen and oxygen atoms in total. The maximum absolute atomic E-state index is 13.6. The van der Waals surface area contributed by atoms with E-state index in [2.05, 4.69) is 38.2 Å². The number of quaternary nitrogens is 1. The average molecular weight is 1140 g/mol. The van der Waals surface area contributed by atoms with E-state index in [-0.39, 0.29) is 25.1 Å². The molecular formula is C69H136N2O7P+. The highest BCUT2D eigenvalue weighted by Gasteiger charge is 2.30. The number of ether oxygens (including phenoxy) is 1. The Morgan fingerprint density at radius 2 is 0.734 bits per heavy atom. The van der Waals surface area contributed by atoms with Crippen LogP contribution in [0.3, 0.4) is 0 Å². The van der Waals surface area contributed by atoms with Gasteiger partial charge in [-0.1, -0.05) is 309 Å². The van der Waals surface area contributed by atoms with E-state index in [4.69, 9.17) is 13.8 Å². The number of nitrogens with zero attached hydrogens (tertiary/aromatic N) is 1. The molecule has 0 spiro atoms. The molecule has 0 fully saturated rings. The van der Waals surface area contributed by atoms with Crippen molar-refractivity contribution in [3.05, 3.63) is 24.3 Å². The number of esters is 1. The van der Waals surface area contributed by atoms with Crippen molar-refractivity contribution < 1.29 is 37.3 Å². The third kappa shape index (κ3) is 60.9. The molecule has 2 N–H and O–H groups in total. The Labute approximate surface area is 492 Å². The van der Waals surface area contributed by atoms with Crippen molar-refractivity contribution in [1.29, 1.82) is 0 Å². The molecule has 0 saturated carbocycles. The van der Waals surface area contributed by atoms with Crippen molar-refractivity contribution in [2.75, 3.05) is 40.9 Å². The summed E-state index contributed by atoms with van der Waals surface area (Å²) in [6.07, 6.45) is 71.9. The Morgan fingerprint density at radius 1 is 0.430 bits per heavy atom. The second kappa shape index (κ2) is 59.6. The van der Waals surface area contributed by atoms with Gasteiger partial charge in [0.1, 0.15) is 19.3 Å². The topological polar surface area (TPSA) is 111 Å². The van der Waals surface area contributed by atoms with Crippen LogP contribution in [0.2, 0.25) is 0 Å². The van der Waals surface area contributed by atoms with Crippen LogP contribution in [0.4, 0.5) is 0 Å². The van der Waals surface area contributed by atoms with E-state index in [0.717, 1.165) is 57.8 Å². The zero-order chi connectivity index (χ0) is 57.9. The molecule has 0 aromatic rings. The highest BCUT2D eigenvalue weighted by Crippen LogP contribution is 2.43. The van der Waals surface area contributed by atoms with Gasteiger partial charge in [-0.25, -0.2) is 4.57 Å². The first-order chi connectivity index (χ1) is 38.4. The maximum atomic E-state index is 13.6. The first-order valence-corrected chi connectivity index (χ1v) is 36.2. The largest absolute Gasteiger partial charge is 0.472 e. The molecule has 0 aliphatic carbocycles. The summed E-state index contributed by atoms with van der Waals surface area (Å²) in [4.78, 5) is 37.8. The summed E-state index contributed by atoms with van der Waals surface area (Å²) >= 11 is 0. The molecule has 0 aromatic carbocycles. The standard InChI is InChI=1S/C69H135N2O7P/c1-7-10-13-16-19-22-25-27-29-31-33-34-35-36-38-40-42-44-47-50-53-56-59-62-69(73)78-67(60-57-54-51-48-45-24-21-18-15-12-9-3)66(65-77-79(74,75)76-64-63-71(4,5)6)70-68(72)61-58-55-52-49-46-43-41-39-37-32-30-28-26-23-20-17-14-11-8-2/h28,30,57,60,66-67H,7-27,29,31-56,58-59,61-65H2,1-6H3,(H-,70,72,74,75)/p+1/b30-28+,60-57+. The van der Waals surface area contributed by atoms with Crippen molar-refractivity contribution in [3.8, 4) is 0 Å². The average Bonchev–Trinajstić information content (AvgIpc) is 3.41. The minimum atomic E-state index is -4.45.